The van der Waals surface area contributed by atoms with Gasteiger partial charge in [0, 0.05) is 24.6 Å². The van der Waals surface area contributed by atoms with E-state index in [1.807, 2.05) is 0 Å². The molecule has 1 aromatic heterocycles. The Morgan fingerprint density at radius 3 is 2.15 bits per heavy atom. The molecular formula is C21H20F6N2O4. The first-order valence-corrected chi connectivity index (χ1v) is 9.68. The van der Waals surface area contributed by atoms with Crippen molar-refractivity contribution in [2.75, 3.05) is 6.54 Å². The fourth-order valence-corrected chi connectivity index (χ4v) is 2.77. The molecule has 33 heavy (non-hydrogen) atoms. The van der Waals surface area contributed by atoms with Crippen molar-refractivity contribution in [1.29, 1.82) is 0 Å². The molecule has 0 unspecified atom stereocenters. The molecule has 2 amide bonds. The summed E-state index contributed by atoms with van der Waals surface area (Å²) in [6, 6.07) is 3.64. The quantitative estimate of drug-likeness (QED) is 0.152. The van der Waals surface area contributed by atoms with Crippen LogP contribution in [0.4, 0.5) is 26.3 Å². The van der Waals surface area contributed by atoms with Crippen LogP contribution >= 0.6 is 0 Å². The van der Waals surface area contributed by atoms with Crippen LogP contribution in [-0.2, 0) is 21.9 Å². The van der Waals surface area contributed by atoms with Gasteiger partial charge >= 0.3 is 12.4 Å². The average Bonchev–Trinajstić information content (AvgIpc) is 3.22. The van der Waals surface area contributed by atoms with E-state index in [9.17, 15) is 35.9 Å². The summed E-state index contributed by atoms with van der Waals surface area (Å²) in [5.74, 6) is -1.15. The van der Waals surface area contributed by atoms with Gasteiger partial charge in [-0.2, -0.15) is 26.3 Å². The molecule has 0 saturated carbocycles. The average molecular weight is 478 g/mol. The molecular weight excluding hydrogens is 458 g/mol. The van der Waals surface area contributed by atoms with Crippen LogP contribution in [0.15, 0.2) is 40.8 Å². The molecule has 6 nitrogen and oxygen atoms in total. The Balaban J connectivity index is 2.00. The third kappa shape index (κ3) is 8.29. The van der Waals surface area contributed by atoms with Crippen LogP contribution in [0.5, 0.6) is 0 Å². The van der Waals surface area contributed by atoms with Crippen LogP contribution in [-0.4, -0.2) is 23.6 Å². The van der Waals surface area contributed by atoms with Crippen molar-refractivity contribution in [1.82, 2.24) is 10.8 Å². The molecule has 0 aliphatic heterocycles. The van der Waals surface area contributed by atoms with Gasteiger partial charge in [-0.1, -0.05) is 6.42 Å². The van der Waals surface area contributed by atoms with Crippen molar-refractivity contribution in [3.8, 4) is 11.3 Å². The van der Waals surface area contributed by atoms with Crippen molar-refractivity contribution in [2.24, 2.45) is 0 Å². The van der Waals surface area contributed by atoms with Crippen LogP contribution in [0, 0.1) is 0 Å². The fraction of sp³-hybridized carbons (Fsp3) is 0.333. The molecule has 1 aromatic carbocycles. The van der Waals surface area contributed by atoms with E-state index in [2.05, 4.69) is 5.32 Å². The Hall–Kier alpha value is -3.28. The number of benzene rings is 1. The van der Waals surface area contributed by atoms with Gasteiger partial charge in [0.05, 0.1) is 11.1 Å². The summed E-state index contributed by atoms with van der Waals surface area (Å²) in [4.78, 5) is 22.6. The standard InChI is InChI=1S/C21H20F6N2O4/c22-20(23,24)14-10-13(11-15(12-14)21(25,26)27)17-7-5-16(33-17)6-8-18(30)28-9-3-1-2-4-19(31)29-32/h5-8,10-12,32H,1-4,9H2,(H,28,30)(H,29,31). The normalized spacial score (nSPS) is 12.2. The molecule has 0 aliphatic carbocycles. The number of halogens is 6. The number of rotatable bonds is 9. The zero-order valence-corrected chi connectivity index (χ0v) is 17.0. The molecule has 0 atom stereocenters. The molecule has 2 rings (SSSR count). The second-order valence-electron chi connectivity index (χ2n) is 6.97. The third-order valence-electron chi connectivity index (χ3n) is 4.40. The van der Waals surface area contributed by atoms with E-state index < -0.39 is 40.9 Å². The number of hydrogen-bond donors (Lipinski definition) is 3. The van der Waals surface area contributed by atoms with Crippen LogP contribution in [0.2, 0.25) is 0 Å². The van der Waals surface area contributed by atoms with Crippen molar-refractivity contribution in [2.45, 2.75) is 38.0 Å². The van der Waals surface area contributed by atoms with Gasteiger partial charge in [0.25, 0.3) is 0 Å². The van der Waals surface area contributed by atoms with Crippen LogP contribution in [0.1, 0.15) is 42.6 Å². The molecule has 0 radical (unpaired) electrons. The SMILES string of the molecule is O=C(C=Cc1ccc(-c2cc(C(F)(F)F)cc(C(F)(F)F)c2)o1)NCCCCCC(=O)NO. The monoisotopic (exact) mass is 478 g/mol. The Morgan fingerprint density at radius 1 is 0.939 bits per heavy atom. The Morgan fingerprint density at radius 2 is 1.58 bits per heavy atom. The predicted molar refractivity (Wildman–Crippen MR) is 105 cm³/mol. The summed E-state index contributed by atoms with van der Waals surface area (Å²) >= 11 is 0. The lowest BCUT2D eigenvalue weighted by Gasteiger charge is -2.13. The minimum atomic E-state index is -4.98. The lowest BCUT2D eigenvalue weighted by atomic mass is 10.0. The zero-order valence-electron chi connectivity index (χ0n) is 17.0. The number of alkyl halides is 6. The highest BCUT2D eigenvalue weighted by atomic mass is 19.4. The second kappa shape index (κ2) is 11.0. The molecule has 12 heteroatoms. The van der Waals surface area contributed by atoms with Gasteiger partial charge in [-0.3, -0.25) is 14.8 Å². The van der Waals surface area contributed by atoms with Gasteiger partial charge < -0.3 is 9.73 Å². The largest absolute Gasteiger partial charge is 0.457 e. The summed E-state index contributed by atoms with van der Waals surface area (Å²) in [5.41, 5.74) is -1.82. The van der Waals surface area contributed by atoms with Crippen LogP contribution in [0.3, 0.4) is 0 Å². The summed E-state index contributed by atoms with van der Waals surface area (Å²) in [5, 5.41) is 10.9. The van der Waals surface area contributed by atoms with Crippen molar-refractivity contribution >= 4 is 17.9 Å². The molecule has 0 aliphatic rings. The molecule has 0 fully saturated rings. The van der Waals surface area contributed by atoms with Crippen molar-refractivity contribution < 1.29 is 45.6 Å². The van der Waals surface area contributed by atoms with Gasteiger partial charge in [-0.15, -0.1) is 0 Å². The predicted octanol–water partition coefficient (Wildman–Crippen LogP) is 5.18. The molecule has 3 N–H and O–H groups in total. The molecule has 0 bridgehead atoms. The number of hydroxylamine groups is 1. The summed E-state index contributed by atoms with van der Waals surface area (Å²) in [7, 11) is 0. The van der Waals surface area contributed by atoms with E-state index in [1.165, 1.54) is 23.7 Å². The molecule has 1 heterocycles. The maximum Gasteiger partial charge on any atom is 0.416 e. The van der Waals surface area contributed by atoms with Gasteiger partial charge in [-0.25, -0.2) is 5.48 Å². The number of amides is 2. The lowest BCUT2D eigenvalue weighted by molar-refractivity contribution is -0.143. The summed E-state index contributed by atoms with van der Waals surface area (Å²) in [6.45, 7) is 0.317. The van der Waals surface area contributed by atoms with Crippen LogP contribution in [0.25, 0.3) is 17.4 Å². The fourth-order valence-electron chi connectivity index (χ4n) is 2.77. The minimum absolute atomic E-state index is 0.0268. The highest BCUT2D eigenvalue weighted by Crippen LogP contribution is 2.39. The summed E-state index contributed by atoms with van der Waals surface area (Å²) < 4.78 is 83.3. The van der Waals surface area contributed by atoms with E-state index in [1.54, 1.807) is 0 Å². The molecule has 0 saturated heterocycles. The first kappa shape index (κ1) is 26.0. The van der Waals surface area contributed by atoms with Gasteiger partial charge in [0.2, 0.25) is 11.8 Å². The third-order valence-corrected chi connectivity index (χ3v) is 4.40. The number of unbranched alkanes of at least 4 members (excludes halogenated alkanes) is 2. The second-order valence-corrected chi connectivity index (χ2v) is 6.97. The van der Waals surface area contributed by atoms with Crippen LogP contribution < -0.4 is 10.8 Å². The Bertz CT molecular complexity index is 963. The van der Waals surface area contributed by atoms with E-state index in [0.29, 0.717) is 37.9 Å². The van der Waals surface area contributed by atoms with E-state index in [4.69, 9.17) is 9.62 Å². The van der Waals surface area contributed by atoms with Crippen molar-refractivity contribution in [3.05, 3.63) is 53.3 Å². The Kier molecular flexibility index (Phi) is 8.69. The van der Waals surface area contributed by atoms with Crippen molar-refractivity contribution in [3.63, 3.8) is 0 Å². The Labute approximate surface area is 184 Å². The summed E-state index contributed by atoms with van der Waals surface area (Å²) in [6.07, 6.45) is -5.72. The number of nitrogens with one attached hydrogen (secondary N) is 2. The van der Waals surface area contributed by atoms with Gasteiger partial charge in [0.1, 0.15) is 11.5 Å². The van der Waals surface area contributed by atoms with E-state index in [-0.39, 0.29) is 24.0 Å². The number of carbonyl (C=O) groups is 2. The highest BCUT2D eigenvalue weighted by molar-refractivity contribution is 5.91. The maximum atomic E-state index is 13.0. The number of carbonyl (C=O) groups excluding carboxylic acids is 2. The van der Waals surface area contributed by atoms with E-state index in [0.717, 1.165) is 6.08 Å². The maximum absolute atomic E-state index is 13.0. The van der Waals surface area contributed by atoms with Gasteiger partial charge in [-0.05, 0) is 49.2 Å². The topological polar surface area (TPSA) is 91.6 Å². The smallest absolute Gasteiger partial charge is 0.416 e. The molecule has 2 aromatic rings. The highest BCUT2D eigenvalue weighted by Gasteiger charge is 2.37. The van der Waals surface area contributed by atoms with E-state index >= 15 is 0 Å². The first-order chi connectivity index (χ1) is 15.4. The molecule has 0 spiro atoms. The molecule has 180 valence electrons. The minimum Gasteiger partial charge on any atom is -0.457 e. The lowest BCUT2D eigenvalue weighted by Crippen LogP contribution is -2.22. The zero-order chi connectivity index (χ0) is 24.6. The number of hydrogen-bond acceptors (Lipinski definition) is 4. The number of furan rings is 1. The first-order valence-electron chi connectivity index (χ1n) is 9.68. The van der Waals surface area contributed by atoms with Gasteiger partial charge in [0.15, 0.2) is 0 Å².